The van der Waals surface area contributed by atoms with Crippen molar-refractivity contribution in [2.24, 2.45) is 5.92 Å². The highest BCUT2D eigenvalue weighted by atomic mass is 16.5. The number of methoxy groups -OCH3 is 1. The smallest absolute Gasteiger partial charge is 0.322 e. The molecule has 0 aromatic rings. The second-order valence-electron chi connectivity index (χ2n) is 4.89. The first-order valence-corrected chi connectivity index (χ1v) is 6.71. The molecule has 17 heavy (non-hydrogen) atoms. The fourth-order valence-corrected chi connectivity index (χ4v) is 2.45. The fraction of sp³-hybridized carbons (Fsp3) is 0.923. The van der Waals surface area contributed by atoms with Crippen LogP contribution in [0.4, 0.5) is 0 Å². The maximum absolute atomic E-state index is 11.6. The van der Waals surface area contributed by atoms with Gasteiger partial charge in [-0.3, -0.25) is 9.69 Å². The van der Waals surface area contributed by atoms with Crippen LogP contribution in [-0.2, 0) is 9.53 Å². The molecule has 0 radical (unpaired) electrons. The lowest BCUT2D eigenvalue weighted by atomic mass is 9.97. The molecular weight excluding hydrogens is 216 g/mol. The van der Waals surface area contributed by atoms with Gasteiger partial charge < -0.3 is 10.1 Å². The van der Waals surface area contributed by atoms with Crippen LogP contribution in [-0.4, -0.2) is 50.2 Å². The Balaban J connectivity index is 2.48. The monoisotopic (exact) mass is 242 g/mol. The first kappa shape index (κ1) is 14.5. The molecular formula is C13H26N2O2. The van der Waals surface area contributed by atoms with Gasteiger partial charge in [0, 0.05) is 6.54 Å². The zero-order chi connectivity index (χ0) is 12.7. The number of hydrogen-bond donors (Lipinski definition) is 1. The van der Waals surface area contributed by atoms with Gasteiger partial charge in [0.15, 0.2) is 0 Å². The molecule has 1 rings (SSSR count). The van der Waals surface area contributed by atoms with Crippen molar-refractivity contribution in [1.29, 1.82) is 0 Å². The Morgan fingerprint density at radius 1 is 1.47 bits per heavy atom. The Kier molecular flexibility index (Phi) is 6.52. The first-order valence-electron chi connectivity index (χ1n) is 6.71. The summed E-state index contributed by atoms with van der Waals surface area (Å²) >= 11 is 0. The molecule has 100 valence electrons. The molecule has 1 aliphatic heterocycles. The van der Waals surface area contributed by atoms with Crippen molar-refractivity contribution in [3.8, 4) is 0 Å². The Morgan fingerprint density at radius 2 is 2.12 bits per heavy atom. The van der Waals surface area contributed by atoms with Crippen LogP contribution in [0.15, 0.2) is 0 Å². The molecule has 4 nitrogen and oxygen atoms in total. The van der Waals surface area contributed by atoms with Crippen molar-refractivity contribution in [2.75, 3.05) is 33.3 Å². The van der Waals surface area contributed by atoms with Gasteiger partial charge in [-0.2, -0.15) is 0 Å². The minimum atomic E-state index is -0.118. The van der Waals surface area contributed by atoms with E-state index in [1.54, 1.807) is 0 Å². The SMILES string of the molecule is CCCN(CC1CCNCC1)C(C)C(=O)OC. The number of ether oxygens (including phenoxy) is 1. The molecule has 1 heterocycles. The highest BCUT2D eigenvalue weighted by Gasteiger charge is 2.24. The summed E-state index contributed by atoms with van der Waals surface area (Å²) in [5, 5.41) is 3.37. The topological polar surface area (TPSA) is 41.6 Å². The minimum Gasteiger partial charge on any atom is -0.468 e. The lowest BCUT2D eigenvalue weighted by Gasteiger charge is -2.32. The Labute approximate surface area is 105 Å². The number of rotatable bonds is 6. The van der Waals surface area contributed by atoms with E-state index in [0.717, 1.165) is 38.5 Å². The summed E-state index contributed by atoms with van der Waals surface area (Å²) in [5.74, 6) is 0.599. The Morgan fingerprint density at radius 3 is 2.65 bits per heavy atom. The van der Waals surface area contributed by atoms with Gasteiger partial charge in [-0.25, -0.2) is 0 Å². The molecule has 1 saturated heterocycles. The van der Waals surface area contributed by atoms with Crippen LogP contribution in [0.2, 0.25) is 0 Å². The number of carbonyl (C=O) groups is 1. The number of nitrogens with zero attached hydrogens (tertiary/aromatic N) is 1. The van der Waals surface area contributed by atoms with Crippen LogP contribution in [0, 0.1) is 5.92 Å². The third kappa shape index (κ3) is 4.64. The van der Waals surface area contributed by atoms with Crippen molar-refractivity contribution >= 4 is 5.97 Å². The summed E-state index contributed by atoms with van der Waals surface area (Å²) in [5.41, 5.74) is 0. The average Bonchev–Trinajstić information content (AvgIpc) is 2.37. The molecule has 1 aliphatic rings. The van der Waals surface area contributed by atoms with Gasteiger partial charge in [-0.05, 0) is 51.7 Å². The van der Waals surface area contributed by atoms with Gasteiger partial charge >= 0.3 is 5.97 Å². The van der Waals surface area contributed by atoms with Crippen LogP contribution >= 0.6 is 0 Å². The normalized spacial score (nSPS) is 19.3. The van der Waals surface area contributed by atoms with E-state index in [1.165, 1.54) is 20.0 Å². The van der Waals surface area contributed by atoms with Crippen molar-refractivity contribution in [1.82, 2.24) is 10.2 Å². The molecule has 0 aromatic heterocycles. The molecule has 0 spiro atoms. The lowest BCUT2D eigenvalue weighted by molar-refractivity contribution is -0.146. The van der Waals surface area contributed by atoms with E-state index in [-0.39, 0.29) is 12.0 Å². The lowest BCUT2D eigenvalue weighted by Crippen LogP contribution is -2.44. The summed E-state index contributed by atoms with van der Waals surface area (Å²) in [6.45, 7) is 8.31. The summed E-state index contributed by atoms with van der Waals surface area (Å²) in [7, 11) is 1.47. The molecule has 0 aromatic carbocycles. The van der Waals surface area contributed by atoms with Crippen molar-refractivity contribution in [2.45, 2.75) is 39.2 Å². The van der Waals surface area contributed by atoms with Crippen LogP contribution in [0.3, 0.4) is 0 Å². The standard InChI is InChI=1S/C13H26N2O2/c1-4-9-15(11(2)13(16)17-3)10-12-5-7-14-8-6-12/h11-12,14H,4-10H2,1-3H3. The molecule has 1 fully saturated rings. The number of piperidine rings is 1. The second kappa shape index (κ2) is 7.67. The van der Waals surface area contributed by atoms with Gasteiger partial charge in [0.2, 0.25) is 0 Å². The van der Waals surface area contributed by atoms with Gasteiger partial charge in [-0.15, -0.1) is 0 Å². The van der Waals surface area contributed by atoms with Crippen LogP contribution in [0.25, 0.3) is 0 Å². The molecule has 0 bridgehead atoms. The molecule has 0 amide bonds. The summed E-state index contributed by atoms with van der Waals surface area (Å²) in [6, 6.07) is -0.116. The number of carbonyl (C=O) groups excluding carboxylic acids is 1. The van der Waals surface area contributed by atoms with Crippen LogP contribution in [0.1, 0.15) is 33.1 Å². The van der Waals surface area contributed by atoms with E-state index in [0.29, 0.717) is 0 Å². The van der Waals surface area contributed by atoms with E-state index in [1.807, 2.05) is 6.92 Å². The largest absolute Gasteiger partial charge is 0.468 e. The highest BCUT2D eigenvalue weighted by molar-refractivity contribution is 5.75. The molecule has 0 aliphatic carbocycles. The maximum atomic E-state index is 11.6. The maximum Gasteiger partial charge on any atom is 0.322 e. The second-order valence-corrected chi connectivity index (χ2v) is 4.89. The van der Waals surface area contributed by atoms with Crippen LogP contribution < -0.4 is 5.32 Å². The number of hydrogen-bond acceptors (Lipinski definition) is 4. The predicted molar refractivity (Wildman–Crippen MR) is 68.9 cm³/mol. The van der Waals surface area contributed by atoms with Gasteiger partial charge in [-0.1, -0.05) is 6.92 Å². The van der Waals surface area contributed by atoms with Crippen molar-refractivity contribution in [3.05, 3.63) is 0 Å². The highest BCUT2D eigenvalue weighted by Crippen LogP contribution is 2.15. The third-order valence-electron chi connectivity index (χ3n) is 3.55. The van der Waals surface area contributed by atoms with Gasteiger partial charge in [0.1, 0.15) is 6.04 Å². The zero-order valence-electron chi connectivity index (χ0n) is 11.4. The fourth-order valence-electron chi connectivity index (χ4n) is 2.45. The van der Waals surface area contributed by atoms with E-state index >= 15 is 0 Å². The molecule has 0 saturated carbocycles. The third-order valence-corrected chi connectivity index (χ3v) is 3.55. The van der Waals surface area contributed by atoms with E-state index in [4.69, 9.17) is 4.74 Å². The zero-order valence-corrected chi connectivity index (χ0v) is 11.4. The quantitative estimate of drug-likeness (QED) is 0.712. The molecule has 4 heteroatoms. The number of nitrogens with one attached hydrogen (secondary N) is 1. The van der Waals surface area contributed by atoms with Crippen molar-refractivity contribution < 1.29 is 9.53 Å². The Bertz CT molecular complexity index is 227. The molecule has 1 atom stereocenters. The van der Waals surface area contributed by atoms with E-state index in [9.17, 15) is 4.79 Å². The number of esters is 1. The minimum absolute atomic E-state index is 0.116. The summed E-state index contributed by atoms with van der Waals surface area (Å²) in [4.78, 5) is 13.9. The first-order chi connectivity index (χ1) is 8.19. The van der Waals surface area contributed by atoms with E-state index < -0.39 is 0 Å². The molecule has 1 unspecified atom stereocenters. The van der Waals surface area contributed by atoms with Crippen LogP contribution in [0.5, 0.6) is 0 Å². The Hall–Kier alpha value is -0.610. The summed E-state index contributed by atoms with van der Waals surface area (Å²) < 4.78 is 4.84. The average molecular weight is 242 g/mol. The molecule has 1 N–H and O–H groups in total. The van der Waals surface area contributed by atoms with Gasteiger partial charge in [0.05, 0.1) is 7.11 Å². The predicted octanol–water partition coefficient (Wildman–Crippen LogP) is 1.26. The van der Waals surface area contributed by atoms with Crippen molar-refractivity contribution in [3.63, 3.8) is 0 Å². The summed E-state index contributed by atoms with van der Waals surface area (Å²) in [6.07, 6.45) is 3.51. The van der Waals surface area contributed by atoms with E-state index in [2.05, 4.69) is 17.1 Å². The van der Waals surface area contributed by atoms with Gasteiger partial charge in [0.25, 0.3) is 0 Å².